The SMILES string of the molecule is CN(Cn1nnc2ccccc21)c1ccccc1. The molecule has 0 saturated carbocycles. The Kier molecular flexibility index (Phi) is 2.68. The molecule has 0 fully saturated rings. The zero-order chi connectivity index (χ0) is 12.4. The van der Waals surface area contributed by atoms with Gasteiger partial charge in [-0.05, 0) is 24.3 Å². The van der Waals surface area contributed by atoms with Crippen LogP contribution in [-0.2, 0) is 6.67 Å². The lowest BCUT2D eigenvalue weighted by atomic mass is 10.3. The highest BCUT2D eigenvalue weighted by Crippen LogP contribution is 2.14. The van der Waals surface area contributed by atoms with Crippen molar-refractivity contribution in [2.75, 3.05) is 11.9 Å². The van der Waals surface area contributed by atoms with Crippen molar-refractivity contribution in [1.29, 1.82) is 0 Å². The molecule has 4 heteroatoms. The number of benzene rings is 2. The second-order valence-corrected chi connectivity index (χ2v) is 4.25. The predicted molar refractivity (Wildman–Crippen MR) is 72.4 cm³/mol. The Bertz CT molecular complexity index is 645. The van der Waals surface area contributed by atoms with Crippen molar-refractivity contribution in [3.05, 3.63) is 54.6 Å². The Balaban J connectivity index is 1.89. The third-order valence-corrected chi connectivity index (χ3v) is 2.96. The zero-order valence-electron chi connectivity index (χ0n) is 10.2. The lowest BCUT2D eigenvalue weighted by Gasteiger charge is -2.19. The van der Waals surface area contributed by atoms with Gasteiger partial charge in [0.25, 0.3) is 0 Å². The second-order valence-electron chi connectivity index (χ2n) is 4.25. The molecule has 3 aromatic rings. The normalized spacial score (nSPS) is 10.7. The van der Waals surface area contributed by atoms with Crippen molar-refractivity contribution in [2.45, 2.75) is 6.67 Å². The number of hydrogen-bond donors (Lipinski definition) is 0. The fourth-order valence-electron chi connectivity index (χ4n) is 1.99. The number of hydrogen-bond acceptors (Lipinski definition) is 3. The van der Waals surface area contributed by atoms with Gasteiger partial charge < -0.3 is 4.90 Å². The maximum Gasteiger partial charge on any atom is 0.114 e. The Labute approximate surface area is 105 Å². The number of aromatic nitrogens is 3. The van der Waals surface area contributed by atoms with E-state index < -0.39 is 0 Å². The van der Waals surface area contributed by atoms with Crippen LogP contribution in [0.1, 0.15) is 0 Å². The van der Waals surface area contributed by atoms with E-state index in [1.165, 1.54) is 0 Å². The van der Waals surface area contributed by atoms with Gasteiger partial charge in [-0.25, -0.2) is 4.68 Å². The van der Waals surface area contributed by atoms with Crippen LogP contribution in [0, 0.1) is 0 Å². The van der Waals surface area contributed by atoms with Gasteiger partial charge in [0.05, 0.1) is 5.52 Å². The number of para-hydroxylation sites is 2. The summed E-state index contributed by atoms with van der Waals surface area (Å²) in [5, 5.41) is 8.34. The molecule has 0 unspecified atom stereocenters. The van der Waals surface area contributed by atoms with Gasteiger partial charge in [-0.15, -0.1) is 5.10 Å². The van der Waals surface area contributed by atoms with E-state index in [2.05, 4.69) is 27.3 Å². The molecule has 0 aliphatic heterocycles. The molecule has 1 aromatic heterocycles. The van der Waals surface area contributed by atoms with E-state index in [4.69, 9.17) is 0 Å². The van der Waals surface area contributed by atoms with Gasteiger partial charge in [0.2, 0.25) is 0 Å². The first-order valence-electron chi connectivity index (χ1n) is 5.89. The third-order valence-electron chi connectivity index (χ3n) is 2.96. The highest BCUT2D eigenvalue weighted by atomic mass is 15.5. The fraction of sp³-hybridized carbons (Fsp3) is 0.143. The summed E-state index contributed by atoms with van der Waals surface area (Å²) in [6.07, 6.45) is 0. The quantitative estimate of drug-likeness (QED) is 0.703. The maximum atomic E-state index is 4.19. The average Bonchev–Trinajstić information content (AvgIpc) is 2.83. The fourth-order valence-corrected chi connectivity index (χ4v) is 1.99. The molecule has 1 heterocycles. The van der Waals surface area contributed by atoms with Crippen LogP contribution >= 0.6 is 0 Å². The summed E-state index contributed by atoms with van der Waals surface area (Å²) in [5.74, 6) is 0. The van der Waals surface area contributed by atoms with Crippen LogP contribution in [0.2, 0.25) is 0 Å². The van der Waals surface area contributed by atoms with Crippen molar-refractivity contribution in [2.24, 2.45) is 0 Å². The molecule has 0 radical (unpaired) electrons. The smallest absolute Gasteiger partial charge is 0.114 e. The molecule has 0 atom stereocenters. The van der Waals surface area contributed by atoms with Gasteiger partial charge in [0, 0.05) is 12.7 Å². The molecule has 0 aliphatic rings. The van der Waals surface area contributed by atoms with E-state index in [1.807, 2.05) is 54.2 Å². The molecule has 0 saturated heterocycles. The Morgan fingerprint density at radius 2 is 1.72 bits per heavy atom. The van der Waals surface area contributed by atoms with Crippen molar-refractivity contribution in [1.82, 2.24) is 15.0 Å². The minimum atomic E-state index is 0.685. The third kappa shape index (κ3) is 1.93. The second kappa shape index (κ2) is 4.49. The first kappa shape index (κ1) is 10.8. The number of anilines is 1. The van der Waals surface area contributed by atoms with Gasteiger partial charge in [0.15, 0.2) is 0 Å². The number of rotatable bonds is 3. The first-order chi connectivity index (χ1) is 8.84. The molecule has 3 rings (SSSR count). The van der Waals surface area contributed by atoms with Gasteiger partial charge in [0.1, 0.15) is 12.2 Å². The molecule has 0 bridgehead atoms. The summed E-state index contributed by atoms with van der Waals surface area (Å²) in [5.41, 5.74) is 3.15. The summed E-state index contributed by atoms with van der Waals surface area (Å²) < 4.78 is 1.91. The van der Waals surface area contributed by atoms with Crippen LogP contribution in [0.3, 0.4) is 0 Å². The minimum absolute atomic E-state index is 0.685. The lowest BCUT2D eigenvalue weighted by Crippen LogP contribution is -2.21. The van der Waals surface area contributed by atoms with Crippen LogP contribution in [0.4, 0.5) is 5.69 Å². The van der Waals surface area contributed by atoms with Crippen LogP contribution in [0.15, 0.2) is 54.6 Å². The topological polar surface area (TPSA) is 34.0 Å². The van der Waals surface area contributed by atoms with Crippen LogP contribution < -0.4 is 4.90 Å². The van der Waals surface area contributed by atoms with Gasteiger partial charge in [-0.3, -0.25) is 0 Å². The lowest BCUT2D eigenvalue weighted by molar-refractivity contribution is 0.600. The molecule has 4 nitrogen and oxygen atoms in total. The summed E-state index contributed by atoms with van der Waals surface area (Å²) in [4.78, 5) is 2.14. The van der Waals surface area contributed by atoms with Crippen molar-refractivity contribution in [3.8, 4) is 0 Å². The first-order valence-corrected chi connectivity index (χ1v) is 5.89. The van der Waals surface area contributed by atoms with E-state index in [1.54, 1.807) is 0 Å². The molecule has 0 amide bonds. The highest BCUT2D eigenvalue weighted by Gasteiger charge is 2.06. The van der Waals surface area contributed by atoms with Gasteiger partial charge >= 0.3 is 0 Å². The van der Waals surface area contributed by atoms with Gasteiger partial charge in [-0.2, -0.15) is 0 Å². The molecule has 0 aliphatic carbocycles. The summed E-state index contributed by atoms with van der Waals surface area (Å²) >= 11 is 0. The number of fused-ring (bicyclic) bond motifs is 1. The molecule has 90 valence electrons. The summed E-state index contributed by atoms with van der Waals surface area (Å²) in [6, 6.07) is 18.2. The standard InChI is InChI=1S/C14H14N4/c1-17(12-7-3-2-4-8-12)11-18-14-10-6-5-9-13(14)15-16-18/h2-10H,11H2,1H3. The highest BCUT2D eigenvalue weighted by molar-refractivity contribution is 5.73. The molecule has 0 N–H and O–H groups in total. The number of nitrogens with zero attached hydrogens (tertiary/aromatic N) is 4. The monoisotopic (exact) mass is 238 g/mol. The molecular weight excluding hydrogens is 224 g/mol. The van der Waals surface area contributed by atoms with E-state index in [0.29, 0.717) is 6.67 Å². The van der Waals surface area contributed by atoms with Crippen molar-refractivity contribution >= 4 is 16.7 Å². The van der Waals surface area contributed by atoms with Crippen LogP contribution in [0.25, 0.3) is 11.0 Å². The van der Waals surface area contributed by atoms with E-state index in [9.17, 15) is 0 Å². The minimum Gasteiger partial charge on any atom is -0.355 e. The van der Waals surface area contributed by atoms with E-state index >= 15 is 0 Å². The Morgan fingerprint density at radius 3 is 2.56 bits per heavy atom. The molecule has 2 aromatic carbocycles. The zero-order valence-corrected chi connectivity index (χ0v) is 10.2. The van der Waals surface area contributed by atoms with E-state index in [-0.39, 0.29) is 0 Å². The largest absolute Gasteiger partial charge is 0.355 e. The van der Waals surface area contributed by atoms with Gasteiger partial charge in [-0.1, -0.05) is 35.5 Å². The van der Waals surface area contributed by atoms with E-state index in [0.717, 1.165) is 16.7 Å². The molecular formula is C14H14N4. The maximum absolute atomic E-state index is 4.19. The predicted octanol–water partition coefficient (Wildman–Crippen LogP) is 2.53. The summed E-state index contributed by atoms with van der Waals surface area (Å²) in [7, 11) is 2.05. The van der Waals surface area contributed by atoms with Crippen LogP contribution in [0.5, 0.6) is 0 Å². The average molecular weight is 238 g/mol. The molecule has 0 spiro atoms. The van der Waals surface area contributed by atoms with Crippen molar-refractivity contribution in [3.63, 3.8) is 0 Å². The Hall–Kier alpha value is -2.36. The Morgan fingerprint density at radius 1 is 1.00 bits per heavy atom. The molecule has 18 heavy (non-hydrogen) atoms. The van der Waals surface area contributed by atoms with Crippen LogP contribution in [-0.4, -0.2) is 22.0 Å². The summed E-state index contributed by atoms with van der Waals surface area (Å²) in [6.45, 7) is 0.685. The van der Waals surface area contributed by atoms with Crippen molar-refractivity contribution < 1.29 is 0 Å².